The van der Waals surface area contributed by atoms with E-state index in [1.165, 1.54) is 4.68 Å². The maximum absolute atomic E-state index is 12.5. The van der Waals surface area contributed by atoms with Crippen molar-refractivity contribution in [3.8, 4) is 5.69 Å². The molecule has 0 unspecified atom stereocenters. The number of fused-ring (bicyclic) bond motifs is 1. The van der Waals surface area contributed by atoms with Crippen LogP contribution >= 0.6 is 0 Å². The molecule has 1 N–H and O–H groups in total. The van der Waals surface area contributed by atoms with Crippen molar-refractivity contribution >= 4 is 16.7 Å². The van der Waals surface area contributed by atoms with Crippen molar-refractivity contribution in [2.24, 2.45) is 0 Å². The molecule has 0 saturated carbocycles. The van der Waals surface area contributed by atoms with Crippen LogP contribution in [0.1, 0.15) is 11.4 Å². The van der Waals surface area contributed by atoms with Crippen LogP contribution in [0.2, 0.25) is 0 Å². The first kappa shape index (κ1) is 17.7. The lowest BCUT2D eigenvalue weighted by Crippen LogP contribution is -2.33. The third-order valence-corrected chi connectivity index (χ3v) is 4.61. The van der Waals surface area contributed by atoms with Crippen LogP contribution in [0.25, 0.3) is 16.5 Å². The number of aryl methyl sites for hydroxylation is 1. The zero-order valence-corrected chi connectivity index (χ0v) is 15.4. The average Bonchev–Trinajstić information content (AvgIpc) is 3.15. The number of carbonyl (C=O) groups excluding carboxylic acids is 1. The highest BCUT2D eigenvalue weighted by molar-refractivity contribution is 5.81. The molecule has 7 nitrogen and oxygen atoms in total. The molecule has 0 aliphatic rings. The van der Waals surface area contributed by atoms with Gasteiger partial charge in [0.2, 0.25) is 5.91 Å². The summed E-state index contributed by atoms with van der Waals surface area (Å²) in [6, 6.07) is 15.0. The summed E-state index contributed by atoms with van der Waals surface area (Å²) in [5, 5.41) is 8.28. The Bertz CT molecular complexity index is 1210. The molecule has 2 heterocycles. The highest BCUT2D eigenvalue weighted by Crippen LogP contribution is 2.16. The second-order valence-electron chi connectivity index (χ2n) is 6.44. The number of rotatable bonds is 5. The Morgan fingerprint density at radius 2 is 1.89 bits per heavy atom. The van der Waals surface area contributed by atoms with E-state index in [0.29, 0.717) is 11.9 Å². The number of para-hydroxylation sites is 1. The SMILES string of the molecule is Cc1nccn1-c1ccccc1CNC(=O)Cn1ncc2ccccc2c1=O. The van der Waals surface area contributed by atoms with Crippen molar-refractivity contribution in [1.82, 2.24) is 24.6 Å². The molecule has 0 saturated heterocycles. The first-order chi connectivity index (χ1) is 13.6. The van der Waals surface area contributed by atoms with Crippen LogP contribution in [0.5, 0.6) is 0 Å². The summed E-state index contributed by atoms with van der Waals surface area (Å²) < 4.78 is 3.15. The fraction of sp³-hybridized carbons (Fsp3) is 0.143. The molecular formula is C21H19N5O2. The minimum absolute atomic E-state index is 0.129. The van der Waals surface area contributed by atoms with Crippen molar-refractivity contribution in [3.05, 3.63) is 88.9 Å². The lowest BCUT2D eigenvalue weighted by molar-refractivity contribution is -0.122. The number of aromatic nitrogens is 4. The van der Waals surface area contributed by atoms with E-state index >= 15 is 0 Å². The highest BCUT2D eigenvalue weighted by atomic mass is 16.2. The molecule has 0 aliphatic carbocycles. The molecule has 28 heavy (non-hydrogen) atoms. The van der Waals surface area contributed by atoms with Crippen molar-refractivity contribution in [1.29, 1.82) is 0 Å². The van der Waals surface area contributed by atoms with E-state index in [0.717, 1.165) is 22.5 Å². The molecule has 2 aromatic heterocycles. The molecule has 140 valence electrons. The zero-order chi connectivity index (χ0) is 19.5. The average molecular weight is 373 g/mol. The van der Waals surface area contributed by atoms with Crippen molar-refractivity contribution in [2.75, 3.05) is 0 Å². The second kappa shape index (κ2) is 7.48. The standard InChI is InChI=1S/C21H19N5O2/c1-15-22-10-11-25(15)19-9-5-3-7-17(19)12-23-20(27)14-26-21(28)18-8-4-2-6-16(18)13-24-26/h2-11,13H,12,14H2,1H3,(H,23,27). The number of nitrogens with one attached hydrogen (secondary N) is 1. The van der Waals surface area contributed by atoms with Crippen molar-refractivity contribution in [2.45, 2.75) is 20.0 Å². The molecule has 0 radical (unpaired) electrons. The molecule has 1 amide bonds. The minimum Gasteiger partial charge on any atom is -0.350 e. The highest BCUT2D eigenvalue weighted by Gasteiger charge is 2.10. The summed E-state index contributed by atoms with van der Waals surface area (Å²) in [5.74, 6) is 0.590. The van der Waals surface area contributed by atoms with Crippen molar-refractivity contribution in [3.63, 3.8) is 0 Å². The molecule has 7 heteroatoms. The monoisotopic (exact) mass is 373 g/mol. The summed E-state index contributed by atoms with van der Waals surface area (Å²) >= 11 is 0. The topological polar surface area (TPSA) is 81.8 Å². The van der Waals surface area contributed by atoms with E-state index in [2.05, 4.69) is 15.4 Å². The molecule has 0 fully saturated rings. The van der Waals surface area contributed by atoms with Crippen LogP contribution in [-0.4, -0.2) is 25.2 Å². The predicted octanol–water partition coefficient (Wildman–Crippen LogP) is 2.21. The van der Waals surface area contributed by atoms with Crippen LogP contribution < -0.4 is 10.9 Å². The molecule has 0 spiro atoms. The Morgan fingerprint density at radius 3 is 2.71 bits per heavy atom. The summed E-state index contributed by atoms with van der Waals surface area (Å²) in [4.78, 5) is 29.2. The van der Waals surface area contributed by atoms with Gasteiger partial charge in [0.15, 0.2) is 0 Å². The Kier molecular flexibility index (Phi) is 4.72. The van der Waals surface area contributed by atoms with Gasteiger partial charge in [0, 0.05) is 24.3 Å². The Morgan fingerprint density at radius 1 is 1.11 bits per heavy atom. The Hall–Kier alpha value is -3.74. The fourth-order valence-corrected chi connectivity index (χ4v) is 3.15. The van der Waals surface area contributed by atoms with Gasteiger partial charge < -0.3 is 9.88 Å². The molecule has 4 aromatic rings. The van der Waals surface area contributed by atoms with Gasteiger partial charge in [-0.3, -0.25) is 9.59 Å². The lowest BCUT2D eigenvalue weighted by Gasteiger charge is -2.13. The van der Waals surface area contributed by atoms with Gasteiger partial charge in [-0.25, -0.2) is 9.67 Å². The number of hydrogen-bond donors (Lipinski definition) is 1. The van der Waals surface area contributed by atoms with Crippen LogP contribution in [0.4, 0.5) is 0 Å². The zero-order valence-electron chi connectivity index (χ0n) is 15.4. The summed E-state index contributed by atoms with van der Waals surface area (Å²) in [6.07, 6.45) is 5.22. The first-order valence-electron chi connectivity index (χ1n) is 8.93. The quantitative estimate of drug-likeness (QED) is 0.581. The van der Waals surface area contributed by atoms with E-state index in [-0.39, 0.29) is 18.0 Å². The lowest BCUT2D eigenvalue weighted by atomic mass is 10.1. The summed E-state index contributed by atoms with van der Waals surface area (Å²) in [6.45, 7) is 2.14. The number of imidazole rings is 1. The van der Waals surface area contributed by atoms with Crippen LogP contribution in [0, 0.1) is 6.92 Å². The van der Waals surface area contributed by atoms with Gasteiger partial charge in [-0.05, 0) is 24.6 Å². The maximum atomic E-state index is 12.5. The van der Waals surface area contributed by atoms with Crippen LogP contribution in [0.15, 0.2) is 71.9 Å². The number of carbonyl (C=O) groups is 1. The van der Waals surface area contributed by atoms with Gasteiger partial charge in [0.25, 0.3) is 5.56 Å². The molecular weight excluding hydrogens is 354 g/mol. The van der Waals surface area contributed by atoms with E-state index in [9.17, 15) is 9.59 Å². The van der Waals surface area contributed by atoms with Gasteiger partial charge in [-0.15, -0.1) is 0 Å². The van der Waals surface area contributed by atoms with E-state index in [4.69, 9.17) is 0 Å². The van der Waals surface area contributed by atoms with Crippen LogP contribution in [0.3, 0.4) is 0 Å². The fourth-order valence-electron chi connectivity index (χ4n) is 3.15. The van der Waals surface area contributed by atoms with Gasteiger partial charge >= 0.3 is 0 Å². The predicted molar refractivity (Wildman–Crippen MR) is 106 cm³/mol. The van der Waals surface area contributed by atoms with Crippen molar-refractivity contribution < 1.29 is 4.79 Å². The smallest absolute Gasteiger partial charge is 0.275 e. The normalized spacial score (nSPS) is 10.9. The number of hydrogen-bond acceptors (Lipinski definition) is 4. The number of benzene rings is 2. The first-order valence-corrected chi connectivity index (χ1v) is 8.93. The largest absolute Gasteiger partial charge is 0.350 e. The van der Waals surface area contributed by atoms with E-state index < -0.39 is 0 Å². The molecule has 4 rings (SSSR count). The molecule has 2 aromatic carbocycles. The molecule has 0 aliphatic heterocycles. The summed E-state index contributed by atoms with van der Waals surface area (Å²) in [7, 11) is 0. The number of nitrogens with zero attached hydrogens (tertiary/aromatic N) is 4. The third kappa shape index (κ3) is 3.42. The molecule has 0 atom stereocenters. The molecule has 0 bridgehead atoms. The summed E-state index contributed by atoms with van der Waals surface area (Å²) in [5.41, 5.74) is 1.64. The van der Waals surface area contributed by atoms with E-state index in [1.807, 2.05) is 54.1 Å². The van der Waals surface area contributed by atoms with E-state index in [1.54, 1.807) is 24.5 Å². The van der Waals surface area contributed by atoms with Gasteiger partial charge in [0.1, 0.15) is 12.4 Å². The Balaban J connectivity index is 1.50. The third-order valence-electron chi connectivity index (χ3n) is 4.61. The van der Waals surface area contributed by atoms with Gasteiger partial charge in [-0.1, -0.05) is 36.4 Å². The van der Waals surface area contributed by atoms with Gasteiger partial charge in [-0.2, -0.15) is 5.10 Å². The van der Waals surface area contributed by atoms with Gasteiger partial charge in [0.05, 0.1) is 17.3 Å². The number of amides is 1. The maximum Gasteiger partial charge on any atom is 0.275 e. The minimum atomic E-state index is -0.276. The second-order valence-corrected chi connectivity index (χ2v) is 6.44. The Labute approximate surface area is 161 Å². The van der Waals surface area contributed by atoms with Crippen LogP contribution in [-0.2, 0) is 17.9 Å².